The van der Waals surface area contributed by atoms with Gasteiger partial charge in [0.15, 0.2) is 11.4 Å². The molecule has 1 aliphatic carbocycles. The lowest BCUT2D eigenvalue weighted by molar-refractivity contribution is -0.120. The molecule has 0 unspecified atom stereocenters. The number of nitrogens with one attached hydrogen (secondary N) is 2. The summed E-state index contributed by atoms with van der Waals surface area (Å²) in [5.74, 6) is 0.419. The van der Waals surface area contributed by atoms with Crippen LogP contribution in [0.25, 0.3) is 11.0 Å². The number of ether oxygens (including phenoxy) is 1. The van der Waals surface area contributed by atoms with Crippen LogP contribution in [0.15, 0.2) is 11.0 Å². The van der Waals surface area contributed by atoms with Crippen LogP contribution in [-0.2, 0) is 9.53 Å². The highest BCUT2D eigenvalue weighted by atomic mass is 16.5. The van der Waals surface area contributed by atoms with Gasteiger partial charge >= 0.3 is 0 Å². The van der Waals surface area contributed by atoms with Crippen molar-refractivity contribution in [3.8, 4) is 0 Å². The first-order valence-corrected chi connectivity index (χ1v) is 10.2. The number of Topliss-reactive ketones (excluding diaryl/α,β-unsaturated/α-hetero) is 1. The average molecular weight is 388 g/mol. The van der Waals surface area contributed by atoms with Gasteiger partial charge in [-0.2, -0.15) is 10.1 Å². The number of nitrogens with zero attached hydrogens (tertiary/aromatic N) is 4. The Bertz CT molecular complexity index is 879. The number of aromatic nitrogens is 4. The normalized spacial score (nSPS) is 19.9. The average Bonchev–Trinajstić information content (AvgIpc) is 3.36. The number of hydrogen-bond acceptors (Lipinski definition) is 7. The highest BCUT2D eigenvalue weighted by Gasteiger charge is 2.22. The van der Waals surface area contributed by atoms with Gasteiger partial charge in [0.2, 0.25) is 5.95 Å². The van der Waals surface area contributed by atoms with E-state index in [1.54, 1.807) is 13.1 Å². The van der Waals surface area contributed by atoms with E-state index in [2.05, 4.69) is 25.3 Å². The molecular formula is C19H28N6O3. The Hall–Kier alpha value is -2.26. The topological polar surface area (TPSA) is 105 Å². The molecule has 0 aromatic carbocycles. The lowest BCUT2D eigenvalue weighted by Gasteiger charge is -2.26. The Morgan fingerprint density at radius 3 is 2.86 bits per heavy atom. The molecule has 0 bridgehead atoms. The first-order chi connectivity index (χ1) is 13.6. The number of carbonyl (C=O) groups is 1. The predicted molar refractivity (Wildman–Crippen MR) is 106 cm³/mol. The zero-order valence-corrected chi connectivity index (χ0v) is 16.3. The van der Waals surface area contributed by atoms with Gasteiger partial charge < -0.3 is 10.1 Å². The molecule has 1 saturated heterocycles. The molecule has 2 fully saturated rings. The molecule has 1 atom stereocenters. The Balaban J connectivity index is 1.43. The summed E-state index contributed by atoms with van der Waals surface area (Å²) in [6, 6.07) is -0.128. The first kappa shape index (κ1) is 19.1. The van der Waals surface area contributed by atoms with Gasteiger partial charge in [-0.25, -0.2) is 4.68 Å². The van der Waals surface area contributed by atoms with Gasteiger partial charge in [-0.1, -0.05) is 12.8 Å². The van der Waals surface area contributed by atoms with Gasteiger partial charge in [-0.05, 0) is 19.8 Å². The van der Waals surface area contributed by atoms with Crippen LogP contribution in [0.1, 0.15) is 45.1 Å². The molecule has 0 amide bonds. The van der Waals surface area contributed by atoms with E-state index in [0.717, 1.165) is 45.7 Å². The molecule has 1 saturated carbocycles. The maximum atomic E-state index is 12.5. The third-order valence-electron chi connectivity index (χ3n) is 5.75. The number of H-pyrrole nitrogens is 1. The Morgan fingerprint density at radius 1 is 1.36 bits per heavy atom. The van der Waals surface area contributed by atoms with Crippen LogP contribution in [-0.4, -0.2) is 69.3 Å². The maximum Gasteiger partial charge on any atom is 0.263 e. The van der Waals surface area contributed by atoms with Gasteiger partial charge in [0.05, 0.1) is 31.5 Å². The van der Waals surface area contributed by atoms with Crippen molar-refractivity contribution in [3.63, 3.8) is 0 Å². The van der Waals surface area contributed by atoms with Crippen LogP contribution in [0.2, 0.25) is 0 Å². The SMILES string of the molecule is C[C@@H](Nc1nc2c(cnn2C2CCCC2)c(=O)[nH]1)C(=O)CCN1CCOCC1. The summed E-state index contributed by atoms with van der Waals surface area (Å²) in [6.07, 6.45) is 6.51. The van der Waals surface area contributed by atoms with Crippen molar-refractivity contribution in [2.24, 2.45) is 0 Å². The van der Waals surface area contributed by atoms with Gasteiger partial charge in [0.25, 0.3) is 5.56 Å². The van der Waals surface area contributed by atoms with Gasteiger partial charge in [0, 0.05) is 26.1 Å². The molecule has 152 valence electrons. The lowest BCUT2D eigenvalue weighted by Crippen LogP contribution is -2.39. The number of anilines is 1. The van der Waals surface area contributed by atoms with E-state index >= 15 is 0 Å². The second kappa shape index (κ2) is 8.40. The van der Waals surface area contributed by atoms with Gasteiger partial charge in [0.1, 0.15) is 5.39 Å². The molecule has 2 aromatic heterocycles. The van der Waals surface area contributed by atoms with Gasteiger partial charge in [-0.15, -0.1) is 0 Å². The monoisotopic (exact) mass is 388 g/mol. The second-order valence-electron chi connectivity index (χ2n) is 7.72. The molecule has 9 nitrogen and oxygen atoms in total. The highest BCUT2D eigenvalue weighted by molar-refractivity contribution is 5.86. The standard InChI is InChI=1S/C19H28N6O3/c1-13(16(26)6-7-24-8-10-28-11-9-24)21-19-22-17-15(18(27)23-19)12-20-25(17)14-4-2-3-5-14/h12-14H,2-11H2,1H3,(H2,21,22,23,27)/t13-/m1/s1. The van der Waals surface area contributed by atoms with E-state index in [0.29, 0.717) is 29.4 Å². The Morgan fingerprint density at radius 2 is 2.11 bits per heavy atom. The summed E-state index contributed by atoms with van der Waals surface area (Å²) in [5, 5.41) is 7.96. The smallest absolute Gasteiger partial charge is 0.263 e. The van der Waals surface area contributed by atoms with Crippen LogP contribution in [0.3, 0.4) is 0 Å². The Kier molecular flexibility index (Phi) is 5.72. The third-order valence-corrected chi connectivity index (χ3v) is 5.75. The molecule has 0 spiro atoms. The fourth-order valence-corrected chi connectivity index (χ4v) is 4.02. The van der Waals surface area contributed by atoms with Crippen LogP contribution >= 0.6 is 0 Å². The number of rotatable bonds is 7. The maximum absolute atomic E-state index is 12.5. The van der Waals surface area contributed by atoms with Crippen molar-refractivity contribution in [3.05, 3.63) is 16.6 Å². The van der Waals surface area contributed by atoms with E-state index in [9.17, 15) is 9.59 Å². The highest BCUT2D eigenvalue weighted by Crippen LogP contribution is 2.30. The number of morpholine rings is 1. The molecule has 2 N–H and O–H groups in total. The fourth-order valence-electron chi connectivity index (χ4n) is 4.02. The summed E-state index contributed by atoms with van der Waals surface area (Å²) in [5.41, 5.74) is 0.357. The number of carbonyl (C=O) groups excluding carboxylic acids is 1. The molecule has 2 aliphatic rings. The van der Waals surface area contributed by atoms with Crippen molar-refractivity contribution >= 4 is 22.8 Å². The summed E-state index contributed by atoms with van der Waals surface area (Å²) in [4.78, 5) is 34.5. The van der Waals surface area contributed by atoms with Crippen molar-refractivity contribution in [1.29, 1.82) is 0 Å². The van der Waals surface area contributed by atoms with Crippen molar-refractivity contribution < 1.29 is 9.53 Å². The van der Waals surface area contributed by atoms with E-state index in [-0.39, 0.29) is 11.3 Å². The zero-order chi connectivity index (χ0) is 19.5. The molecular weight excluding hydrogens is 360 g/mol. The number of fused-ring (bicyclic) bond motifs is 1. The van der Waals surface area contributed by atoms with Crippen molar-refractivity contribution in [2.75, 3.05) is 38.2 Å². The largest absolute Gasteiger partial charge is 0.379 e. The third kappa shape index (κ3) is 4.10. The van der Waals surface area contributed by atoms with E-state index < -0.39 is 6.04 Å². The van der Waals surface area contributed by atoms with E-state index in [1.807, 2.05) is 4.68 Å². The van der Waals surface area contributed by atoms with Crippen LogP contribution < -0.4 is 10.9 Å². The lowest BCUT2D eigenvalue weighted by atomic mass is 10.1. The van der Waals surface area contributed by atoms with Crippen LogP contribution in [0, 0.1) is 0 Å². The minimum atomic E-state index is -0.426. The molecule has 0 radical (unpaired) electrons. The predicted octanol–water partition coefficient (Wildman–Crippen LogP) is 1.33. The molecule has 9 heteroatoms. The molecule has 4 rings (SSSR count). The zero-order valence-electron chi connectivity index (χ0n) is 16.3. The quantitative estimate of drug-likeness (QED) is 0.737. The summed E-state index contributed by atoms with van der Waals surface area (Å²) in [7, 11) is 0. The minimum Gasteiger partial charge on any atom is -0.379 e. The van der Waals surface area contributed by atoms with Crippen molar-refractivity contribution in [1.82, 2.24) is 24.6 Å². The first-order valence-electron chi connectivity index (χ1n) is 10.2. The summed E-state index contributed by atoms with van der Waals surface area (Å²) in [6.45, 7) is 5.72. The fraction of sp³-hybridized carbons (Fsp3) is 0.684. The van der Waals surface area contributed by atoms with E-state index in [1.165, 1.54) is 12.8 Å². The van der Waals surface area contributed by atoms with Crippen LogP contribution in [0.5, 0.6) is 0 Å². The molecule has 1 aliphatic heterocycles. The van der Waals surface area contributed by atoms with Crippen molar-refractivity contribution in [2.45, 2.75) is 51.1 Å². The summed E-state index contributed by atoms with van der Waals surface area (Å²) >= 11 is 0. The molecule has 2 aromatic rings. The number of hydrogen-bond donors (Lipinski definition) is 2. The second-order valence-corrected chi connectivity index (χ2v) is 7.72. The molecule has 3 heterocycles. The van der Waals surface area contributed by atoms with Crippen LogP contribution in [0.4, 0.5) is 5.95 Å². The summed E-state index contributed by atoms with van der Waals surface area (Å²) < 4.78 is 7.20. The minimum absolute atomic E-state index is 0.0959. The number of aromatic amines is 1. The van der Waals surface area contributed by atoms with Gasteiger partial charge in [-0.3, -0.25) is 19.5 Å². The van der Waals surface area contributed by atoms with E-state index in [4.69, 9.17) is 4.74 Å². The Labute approximate surface area is 163 Å². The molecule has 28 heavy (non-hydrogen) atoms. The number of ketones is 1.